The summed E-state index contributed by atoms with van der Waals surface area (Å²) < 4.78 is 5.69. The van der Waals surface area contributed by atoms with Crippen molar-refractivity contribution >= 4 is 11.6 Å². The average molecular weight is 277 g/mol. The number of carbonyl (C=O) groups is 1. The van der Waals surface area contributed by atoms with E-state index in [0.29, 0.717) is 12.3 Å². The molecule has 1 aromatic carbocycles. The molecule has 1 aliphatic heterocycles. The maximum absolute atomic E-state index is 12.1. The summed E-state index contributed by atoms with van der Waals surface area (Å²) in [6, 6.07) is 7.42. The Labute approximate surface area is 120 Å². The first-order chi connectivity index (χ1) is 9.58. The van der Waals surface area contributed by atoms with Crippen LogP contribution >= 0.6 is 0 Å². The van der Waals surface area contributed by atoms with Gasteiger partial charge in [-0.05, 0) is 31.5 Å². The number of anilines is 1. The molecule has 1 aromatic rings. The number of hydrogen-bond donors (Lipinski definition) is 1. The molecule has 1 unspecified atom stereocenters. The average Bonchev–Trinajstić information content (AvgIpc) is 2.86. The molecule has 1 heterocycles. The Bertz CT molecular complexity index is 462. The molecule has 0 saturated carbocycles. The van der Waals surface area contributed by atoms with Gasteiger partial charge < -0.3 is 15.4 Å². The lowest BCUT2D eigenvalue weighted by Crippen LogP contribution is -2.44. The van der Waals surface area contributed by atoms with Crippen molar-refractivity contribution in [2.75, 3.05) is 39.5 Å². The van der Waals surface area contributed by atoms with E-state index < -0.39 is 0 Å². The first kappa shape index (κ1) is 14.7. The standard InChI is InChI=1S/C15H23N3O2/c1-17(2)15(19)14-7-4-8-18(14)9-10-20-13-6-3-5-12(16)11-13/h3,5-6,11,14H,4,7-10,16H2,1-2H3. The lowest BCUT2D eigenvalue weighted by atomic mass is 10.2. The van der Waals surface area contributed by atoms with Crippen LogP contribution in [0.2, 0.25) is 0 Å². The van der Waals surface area contributed by atoms with Gasteiger partial charge in [-0.3, -0.25) is 9.69 Å². The van der Waals surface area contributed by atoms with Gasteiger partial charge in [-0.25, -0.2) is 0 Å². The summed E-state index contributed by atoms with van der Waals surface area (Å²) in [5.41, 5.74) is 6.41. The Morgan fingerprint density at radius 3 is 3.00 bits per heavy atom. The monoisotopic (exact) mass is 277 g/mol. The van der Waals surface area contributed by atoms with Gasteiger partial charge in [-0.1, -0.05) is 6.07 Å². The summed E-state index contributed by atoms with van der Waals surface area (Å²) in [7, 11) is 3.62. The normalized spacial score (nSPS) is 19.0. The van der Waals surface area contributed by atoms with Crippen molar-refractivity contribution in [2.45, 2.75) is 18.9 Å². The highest BCUT2D eigenvalue weighted by molar-refractivity contribution is 5.81. The van der Waals surface area contributed by atoms with Gasteiger partial charge in [-0.2, -0.15) is 0 Å². The molecule has 5 heteroatoms. The van der Waals surface area contributed by atoms with Crippen molar-refractivity contribution in [1.82, 2.24) is 9.80 Å². The zero-order valence-electron chi connectivity index (χ0n) is 12.2. The van der Waals surface area contributed by atoms with Crippen molar-refractivity contribution in [3.63, 3.8) is 0 Å². The van der Waals surface area contributed by atoms with Gasteiger partial charge in [0, 0.05) is 32.4 Å². The van der Waals surface area contributed by atoms with Crippen molar-refractivity contribution in [3.05, 3.63) is 24.3 Å². The Morgan fingerprint density at radius 1 is 1.50 bits per heavy atom. The zero-order chi connectivity index (χ0) is 14.5. The van der Waals surface area contributed by atoms with Crippen molar-refractivity contribution < 1.29 is 9.53 Å². The van der Waals surface area contributed by atoms with Crippen LogP contribution in [0.3, 0.4) is 0 Å². The van der Waals surface area contributed by atoms with Crippen LogP contribution < -0.4 is 10.5 Å². The maximum atomic E-state index is 12.1. The van der Waals surface area contributed by atoms with E-state index in [9.17, 15) is 4.79 Å². The molecular formula is C15H23N3O2. The molecule has 0 spiro atoms. The molecule has 1 amide bonds. The van der Waals surface area contributed by atoms with Crippen LogP contribution in [0.1, 0.15) is 12.8 Å². The highest BCUT2D eigenvalue weighted by Gasteiger charge is 2.31. The predicted molar refractivity (Wildman–Crippen MR) is 79.6 cm³/mol. The minimum Gasteiger partial charge on any atom is -0.492 e. The molecule has 110 valence electrons. The first-order valence-corrected chi connectivity index (χ1v) is 7.01. The van der Waals surface area contributed by atoms with E-state index in [1.807, 2.05) is 38.4 Å². The first-order valence-electron chi connectivity index (χ1n) is 7.01. The molecule has 1 atom stereocenters. The second-order valence-electron chi connectivity index (χ2n) is 5.35. The molecule has 5 nitrogen and oxygen atoms in total. The van der Waals surface area contributed by atoms with Gasteiger partial charge >= 0.3 is 0 Å². The van der Waals surface area contributed by atoms with E-state index in [1.165, 1.54) is 0 Å². The van der Waals surface area contributed by atoms with Gasteiger partial charge in [-0.15, -0.1) is 0 Å². The summed E-state index contributed by atoms with van der Waals surface area (Å²) in [6.45, 7) is 2.30. The zero-order valence-corrected chi connectivity index (χ0v) is 12.2. The number of amides is 1. The molecule has 1 fully saturated rings. The van der Waals surface area contributed by atoms with E-state index in [1.54, 1.807) is 4.90 Å². The smallest absolute Gasteiger partial charge is 0.239 e. The number of likely N-dealkylation sites (tertiary alicyclic amines) is 1. The molecule has 0 radical (unpaired) electrons. The highest BCUT2D eigenvalue weighted by atomic mass is 16.5. The van der Waals surface area contributed by atoms with Gasteiger partial charge in [0.2, 0.25) is 5.91 Å². The summed E-state index contributed by atoms with van der Waals surface area (Å²) in [4.78, 5) is 15.9. The third kappa shape index (κ3) is 3.63. The fraction of sp³-hybridized carbons (Fsp3) is 0.533. The predicted octanol–water partition coefficient (Wildman–Crippen LogP) is 1.20. The second-order valence-corrected chi connectivity index (χ2v) is 5.35. The third-order valence-electron chi connectivity index (χ3n) is 3.59. The van der Waals surface area contributed by atoms with Crippen LogP contribution in [0, 0.1) is 0 Å². The van der Waals surface area contributed by atoms with Crippen LogP contribution in [0.4, 0.5) is 5.69 Å². The molecule has 0 aromatic heterocycles. The quantitative estimate of drug-likeness (QED) is 0.822. The molecule has 0 bridgehead atoms. The van der Waals surface area contributed by atoms with Gasteiger partial charge in [0.25, 0.3) is 0 Å². The van der Waals surface area contributed by atoms with Gasteiger partial charge in [0.1, 0.15) is 12.4 Å². The molecule has 2 rings (SSSR count). The number of rotatable bonds is 5. The molecule has 1 saturated heterocycles. The fourth-order valence-electron chi connectivity index (χ4n) is 2.56. The third-order valence-corrected chi connectivity index (χ3v) is 3.59. The van der Waals surface area contributed by atoms with Crippen LogP contribution in [0.5, 0.6) is 5.75 Å². The summed E-state index contributed by atoms with van der Waals surface area (Å²) in [6.07, 6.45) is 2.01. The largest absolute Gasteiger partial charge is 0.492 e. The van der Waals surface area contributed by atoms with Gasteiger partial charge in [0.05, 0.1) is 6.04 Å². The number of benzene rings is 1. The van der Waals surface area contributed by atoms with Crippen LogP contribution in [0.15, 0.2) is 24.3 Å². The lowest BCUT2D eigenvalue weighted by Gasteiger charge is -2.25. The van der Waals surface area contributed by atoms with E-state index in [4.69, 9.17) is 10.5 Å². The minimum atomic E-state index is 0.00874. The maximum Gasteiger partial charge on any atom is 0.239 e. The Kier molecular flexibility index (Phi) is 4.84. The topological polar surface area (TPSA) is 58.8 Å². The second kappa shape index (κ2) is 6.61. The van der Waals surface area contributed by atoms with Crippen LogP contribution in [-0.4, -0.2) is 55.5 Å². The fourth-order valence-corrected chi connectivity index (χ4v) is 2.56. The molecule has 1 aliphatic rings. The summed E-state index contributed by atoms with van der Waals surface area (Å²) in [5, 5.41) is 0. The number of nitrogens with two attached hydrogens (primary N) is 1. The van der Waals surface area contributed by atoms with Crippen molar-refractivity contribution in [1.29, 1.82) is 0 Å². The molecule has 0 aliphatic carbocycles. The molecule has 2 N–H and O–H groups in total. The molecule has 20 heavy (non-hydrogen) atoms. The van der Waals surface area contributed by atoms with E-state index in [2.05, 4.69) is 4.90 Å². The lowest BCUT2D eigenvalue weighted by molar-refractivity contribution is -0.133. The Balaban J connectivity index is 1.82. The number of likely N-dealkylation sites (N-methyl/N-ethyl adjacent to an activating group) is 1. The number of ether oxygens (including phenoxy) is 1. The van der Waals surface area contributed by atoms with Crippen LogP contribution in [0.25, 0.3) is 0 Å². The van der Waals surface area contributed by atoms with Gasteiger partial charge in [0.15, 0.2) is 0 Å². The number of carbonyl (C=O) groups excluding carboxylic acids is 1. The van der Waals surface area contributed by atoms with E-state index in [0.717, 1.165) is 31.7 Å². The number of hydrogen-bond acceptors (Lipinski definition) is 4. The van der Waals surface area contributed by atoms with Crippen molar-refractivity contribution in [3.8, 4) is 5.75 Å². The van der Waals surface area contributed by atoms with E-state index in [-0.39, 0.29) is 11.9 Å². The van der Waals surface area contributed by atoms with E-state index >= 15 is 0 Å². The minimum absolute atomic E-state index is 0.00874. The number of nitrogens with zero attached hydrogens (tertiary/aromatic N) is 2. The number of nitrogen functional groups attached to an aromatic ring is 1. The summed E-state index contributed by atoms with van der Waals surface area (Å²) >= 11 is 0. The van der Waals surface area contributed by atoms with Crippen LogP contribution in [-0.2, 0) is 4.79 Å². The van der Waals surface area contributed by atoms with Crippen molar-refractivity contribution in [2.24, 2.45) is 0 Å². The molecular weight excluding hydrogens is 254 g/mol. The SMILES string of the molecule is CN(C)C(=O)C1CCCN1CCOc1cccc(N)c1. The summed E-state index contributed by atoms with van der Waals surface area (Å²) in [5.74, 6) is 0.964. The highest BCUT2D eigenvalue weighted by Crippen LogP contribution is 2.19. The Hall–Kier alpha value is -1.75. The Morgan fingerprint density at radius 2 is 2.30 bits per heavy atom.